The zero-order valence-electron chi connectivity index (χ0n) is 15.1. The number of benzene rings is 1. The number of ether oxygens (including phenoxy) is 1. The number of hydrogen-bond donors (Lipinski definition) is 1. The minimum absolute atomic E-state index is 0.778. The molecular formula is C22H20ClN3O. The average Bonchev–Trinajstić information content (AvgIpc) is 3.11. The molecule has 3 heterocycles. The van der Waals surface area contributed by atoms with Crippen molar-refractivity contribution in [3.63, 3.8) is 0 Å². The number of aromatic amines is 1. The van der Waals surface area contributed by atoms with E-state index >= 15 is 0 Å². The maximum Gasteiger partial charge on any atom is 0.141 e. The van der Waals surface area contributed by atoms with E-state index in [9.17, 15) is 0 Å². The van der Waals surface area contributed by atoms with Crippen LogP contribution in [0.4, 0.5) is 0 Å². The van der Waals surface area contributed by atoms with Crippen LogP contribution in [-0.2, 0) is 19.3 Å². The zero-order chi connectivity index (χ0) is 18.6. The number of hydrogen-bond acceptors (Lipinski definition) is 3. The van der Waals surface area contributed by atoms with Gasteiger partial charge in [0.05, 0.1) is 12.5 Å². The molecule has 0 aliphatic carbocycles. The predicted octanol–water partition coefficient (Wildman–Crippen LogP) is 5.00. The quantitative estimate of drug-likeness (QED) is 0.514. The average molecular weight is 378 g/mol. The van der Waals surface area contributed by atoms with Crippen molar-refractivity contribution in [3.05, 3.63) is 88.5 Å². The van der Waals surface area contributed by atoms with Crippen molar-refractivity contribution in [1.29, 1.82) is 0 Å². The maximum absolute atomic E-state index is 6.23. The first-order chi connectivity index (χ1) is 13.2. The lowest BCUT2D eigenvalue weighted by Crippen LogP contribution is -1.97. The Morgan fingerprint density at radius 3 is 2.67 bits per heavy atom. The molecule has 0 saturated heterocycles. The first-order valence-corrected chi connectivity index (χ1v) is 9.28. The van der Waals surface area contributed by atoms with Gasteiger partial charge in [0.1, 0.15) is 11.4 Å². The first-order valence-electron chi connectivity index (χ1n) is 8.91. The van der Waals surface area contributed by atoms with Crippen molar-refractivity contribution in [2.24, 2.45) is 0 Å². The van der Waals surface area contributed by atoms with Gasteiger partial charge in [0, 0.05) is 35.7 Å². The molecule has 4 rings (SSSR count). The van der Waals surface area contributed by atoms with Crippen LogP contribution in [0.2, 0.25) is 5.02 Å². The van der Waals surface area contributed by atoms with E-state index in [0.29, 0.717) is 0 Å². The summed E-state index contributed by atoms with van der Waals surface area (Å²) < 4.78 is 5.48. The van der Waals surface area contributed by atoms with Crippen LogP contribution < -0.4 is 4.74 Å². The standard InChI is InChI=1S/C22H20ClN3O/c1-27-20-10-11-24-22-21(20)17(14-26-22)12-15-6-8-18(25-13-15)9-7-16-4-2-3-5-19(16)23/h2-6,8,10-11,13-14H,7,9,12H2,1H3,(H,24,26). The summed E-state index contributed by atoms with van der Waals surface area (Å²) in [4.78, 5) is 12.2. The Labute approximate surface area is 163 Å². The van der Waals surface area contributed by atoms with Gasteiger partial charge in [0.2, 0.25) is 0 Å². The fourth-order valence-corrected chi connectivity index (χ4v) is 3.52. The third-order valence-corrected chi connectivity index (χ3v) is 5.09. The highest BCUT2D eigenvalue weighted by atomic mass is 35.5. The lowest BCUT2D eigenvalue weighted by Gasteiger charge is -2.06. The fourth-order valence-electron chi connectivity index (χ4n) is 3.29. The van der Waals surface area contributed by atoms with E-state index in [2.05, 4.69) is 33.2 Å². The summed E-state index contributed by atoms with van der Waals surface area (Å²) in [5.74, 6) is 0.834. The Morgan fingerprint density at radius 2 is 1.89 bits per heavy atom. The van der Waals surface area contributed by atoms with Crippen LogP contribution in [0.3, 0.4) is 0 Å². The third kappa shape index (κ3) is 3.81. The molecule has 3 aromatic heterocycles. The van der Waals surface area contributed by atoms with E-state index in [1.807, 2.05) is 36.7 Å². The number of aryl methyl sites for hydroxylation is 2. The van der Waals surface area contributed by atoms with Crippen molar-refractivity contribution in [2.45, 2.75) is 19.3 Å². The van der Waals surface area contributed by atoms with E-state index < -0.39 is 0 Å². The summed E-state index contributed by atoms with van der Waals surface area (Å²) in [5, 5.41) is 1.85. The fraction of sp³-hybridized carbons (Fsp3) is 0.182. The summed E-state index contributed by atoms with van der Waals surface area (Å²) in [6.45, 7) is 0. The van der Waals surface area contributed by atoms with Crippen LogP contribution in [0.1, 0.15) is 22.4 Å². The molecule has 0 saturated carbocycles. The summed E-state index contributed by atoms with van der Waals surface area (Å²) in [7, 11) is 1.68. The van der Waals surface area contributed by atoms with E-state index in [1.165, 1.54) is 0 Å². The number of rotatable bonds is 6. The first kappa shape index (κ1) is 17.6. The molecule has 0 radical (unpaired) electrons. The molecule has 0 aliphatic rings. The normalized spacial score (nSPS) is 11.0. The molecule has 0 atom stereocenters. The second-order valence-electron chi connectivity index (χ2n) is 6.48. The van der Waals surface area contributed by atoms with Gasteiger partial charge >= 0.3 is 0 Å². The van der Waals surface area contributed by atoms with E-state index in [-0.39, 0.29) is 0 Å². The lowest BCUT2D eigenvalue weighted by molar-refractivity contribution is 0.419. The molecule has 0 fully saturated rings. The molecule has 0 spiro atoms. The molecule has 0 amide bonds. The molecule has 5 heteroatoms. The molecule has 0 aliphatic heterocycles. The second kappa shape index (κ2) is 7.80. The summed E-state index contributed by atoms with van der Waals surface area (Å²) in [6, 6.07) is 14.1. The SMILES string of the molecule is COc1ccnc2[nH]cc(Cc3ccc(CCc4ccccc4Cl)nc3)c12. The topological polar surface area (TPSA) is 50.8 Å². The molecule has 0 bridgehead atoms. The Hall–Kier alpha value is -2.85. The Kier molecular flexibility index (Phi) is 5.07. The number of nitrogens with one attached hydrogen (secondary N) is 1. The zero-order valence-corrected chi connectivity index (χ0v) is 15.8. The Bertz CT molecular complexity index is 1060. The highest BCUT2D eigenvalue weighted by molar-refractivity contribution is 6.31. The van der Waals surface area contributed by atoms with Crippen LogP contribution in [0.5, 0.6) is 5.75 Å². The molecular weight excluding hydrogens is 358 g/mol. The maximum atomic E-state index is 6.23. The minimum atomic E-state index is 0.778. The molecule has 27 heavy (non-hydrogen) atoms. The van der Waals surface area contributed by atoms with Crippen LogP contribution in [0.15, 0.2) is 61.1 Å². The van der Waals surface area contributed by atoms with Gasteiger partial charge in [-0.3, -0.25) is 4.98 Å². The van der Waals surface area contributed by atoms with Crippen LogP contribution in [0, 0.1) is 0 Å². The van der Waals surface area contributed by atoms with Crippen molar-refractivity contribution in [2.75, 3.05) is 7.11 Å². The third-order valence-electron chi connectivity index (χ3n) is 4.73. The number of fused-ring (bicyclic) bond motifs is 1. The highest BCUT2D eigenvalue weighted by Gasteiger charge is 2.11. The highest BCUT2D eigenvalue weighted by Crippen LogP contribution is 2.28. The Balaban J connectivity index is 1.48. The number of nitrogens with zero attached hydrogens (tertiary/aromatic N) is 2. The molecule has 1 aromatic carbocycles. The summed E-state index contributed by atoms with van der Waals surface area (Å²) in [6.07, 6.45) is 8.22. The molecule has 136 valence electrons. The van der Waals surface area contributed by atoms with Gasteiger partial charge in [-0.05, 0) is 47.7 Å². The van der Waals surface area contributed by atoms with E-state index in [4.69, 9.17) is 16.3 Å². The van der Waals surface area contributed by atoms with E-state index in [0.717, 1.165) is 63.5 Å². The Morgan fingerprint density at radius 1 is 1.00 bits per heavy atom. The van der Waals surface area contributed by atoms with Crippen molar-refractivity contribution in [1.82, 2.24) is 15.0 Å². The van der Waals surface area contributed by atoms with Gasteiger partial charge in [-0.2, -0.15) is 0 Å². The predicted molar refractivity (Wildman–Crippen MR) is 109 cm³/mol. The van der Waals surface area contributed by atoms with Crippen molar-refractivity contribution in [3.8, 4) is 5.75 Å². The van der Waals surface area contributed by atoms with Gasteiger partial charge in [-0.1, -0.05) is 35.9 Å². The molecule has 4 nitrogen and oxygen atoms in total. The number of aromatic nitrogens is 3. The molecule has 4 aromatic rings. The molecule has 1 N–H and O–H groups in total. The summed E-state index contributed by atoms with van der Waals surface area (Å²) in [5.41, 5.74) is 5.37. The minimum Gasteiger partial charge on any atom is -0.496 e. The van der Waals surface area contributed by atoms with Gasteiger partial charge < -0.3 is 9.72 Å². The van der Waals surface area contributed by atoms with E-state index in [1.54, 1.807) is 13.3 Å². The van der Waals surface area contributed by atoms with Gasteiger partial charge in [0.25, 0.3) is 0 Å². The lowest BCUT2D eigenvalue weighted by atomic mass is 10.0. The van der Waals surface area contributed by atoms with Gasteiger partial charge in [-0.15, -0.1) is 0 Å². The van der Waals surface area contributed by atoms with Gasteiger partial charge in [-0.25, -0.2) is 4.98 Å². The number of halogens is 1. The monoisotopic (exact) mass is 377 g/mol. The van der Waals surface area contributed by atoms with Crippen LogP contribution in [0.25, 0.3) is 11.0 Å². The van der Waals surface area contributed by atoms with Crippen LogP contribution in [-0.4, -0.2) is 22.1 Å². The number of methoxy groups -OCH3 is 1. The largest absolute Gasteiger partial charge is 0.496 e. The number of H-pyrrole nitrogens is 1. The summed E-state index contributed by atoms with van der Waals surface area (Å²) >= 11 is 6.23. The number of pyridine rings is 2. The molecule has 0 unspecified atom stereocenters. The second-order valence-corrected chi connectivity index (χ2v) is 6.88. The van der Waals surface area contributed by atoms with Crippen molar-refractivity contribution < 1.29 is 4.74 Å². The van der Waals surface area contributed by atoms with Crippen molar-refractivity contribution >= 4 is 22.6 Å². The van der Waals surface area contributed by atoms with Gasteiger partial charge in [0.15, 0.2) is 0 Å². The smallest absolute Gasteiger partial charge is 0.141 e. The van der Waals surface area contributed by atoms with Crippen LogP contribution >= 0.6 is 11.6 Å².